The summed E-state index contributed by atoms with van der Waals surface area (Å²) in [4.78, 5) is 0. The van der Waals surface area contributed by atoms with E-state index in [1.807, 2.05) is 0 Å². The zero-order chi connectivity index (χ0) is 17.5. The van der Waals surface area contributed by atoms with Crippen molar-refractivity contribution in [2.45, 2.75) is 38.8 Å². The van der Waals surface area contributed by atoms with Gasteiger partial charge in [0.15, 0.2) is 0 Å². The van der Waals surface area contributed by atoms with Gasteiger partial charge in [-0.3, -0.25) is 0 Å². The minimum Gasteiger partial charge on any atom is -0.382 e. The zero-order valence-corrected chi connectivity index (χ0v) is 16.6. The van der Waals surface area contributed by atoms with Crippen molar-refractivity contribution < 1.29 is 9.47 Å². The monoisotopic (exact) mass is 354 g/mol. The Morgan fingerprint density at radius 2 is 1.12 bits per heavy atom. The molecule has 1 heterocycles. The van der Waals surface area contributed by atoms with Crippen LogP contribution in [0.15, 0.2) is 48.5 Å². The van der Waals surface area contributed by atoms with Crippen LogP contribution < -0.4 is 10.4 Å². The van der Waals surface area contributed by atoms with Gasteiger partial charge in [-0.15, -0.1) is 0 Å². The highest BCUT2D eigenvalue weighted by molar-refractivity contribution is 7.05. The van der Waals surface area contributed by atoms with Crippen LogP contribution in [0.3, 0.4) is 0 Å². The Balaban J connectivity index is 1.94. The van der Waals surface area contributed by atoms with Crippen molar-refractivity contribution in [1.29, 1.82) is 0 Å². The van der Waals surface area contributed by atoms with Crippen LogP contribution in [0.25, 0.3) is 11.1 Å². The molecule has 1 aliphatic rings. The molecule has 2 aromatic rings. The van der Waals surface area contributed by atoms with Crippen molar-refractivity contribution in [3.8, 4) is 11.1 Å². The molecule has 0 aromatic heterocycles. The van der Waals surface area contributed by atoms with Gasteiger partial charge >= 0.3 is 0 Å². The predicted octanol–water partition coefficient (Wildman–Crippen LogP) is 4.08. The van der Waals surface area contributed by atoms with Gasteiger partial charge in [0.2, 0.25) is 0 Å². The van der Waals surface area contributed by atoms with E-state index in [0.29, 0.717) is 0 Å². The van der Waals surface area contributed by atoms with Gasteiger partial charge in [-0.1, -0.05) is 48.5 Å². The first kappa shape index (κ1) is 18.4. The largest absolute Gasteiger partial charge is 0.382 e. The average Bonchev–Trinajstić information content (AvgIpc) is 2.94. The second-order valence-corrected chi connectivity index (χ2v) is 11.0. The number of fused-ring (bicyclic) bond motifs is 3. The number of rotatable bonds is 10. The van der Waals surface area contributed by atoms with Crippen molar-refractivity contribution in [1.82, 2.24) is 0 Å². The third-order valence-electron chi connectivity index (χ3n) is 5.37. The van der Waals surface area contributed by atoms with Gasteiger partial charge in [-0.2, -0.15) is 0 Å². The molecule has 25 heavy (non-hydrogen) atoms. The smallest absolute Gasteiger partial charge is 0.119 e. The molecule has 0 amide bonds. The first-order chi connectivity index (χ1) is 12.3. The maximum absolute atomic E-state index is 5.65. The number of hydrogen-bond donors (Lipinski definition) is 0. The number of hydrogen-bond acceptors (Lipinski definition) is 2. The highest BCUT2D eigenvalue weighted by Crippen LogP contribution is 2.34. The van der Waals surface area contributed by atoms with Gasteiger partial charge in [0.25, 0.3) is 0 Å². The quantitative estimate of drug-likeness (QED) is 0.473. The van der Waals surface area contributed by atoms with Gasteiger partial charge in [0.05, 0.1) is 0 Å². The van der Waals surface area contributed by atoms with Crippen LogP contribution in [0.2, 0.25) is 12.1 Å². The molecule has 0 N–H and O–H groups in total. The Morgan fingerprint density at radius 1 is 0.680 bits per heavy atom. The molecule has 0 saturated carbocycles. The maximum atomic E-state index is 5.65. The Morgan fingerprint density at radius 3 is 1.56 bits per heavy atom. The van der Waals surface area contributed by atoms with E-state index < -0.39 is 8.07 Å². The summed E-state index contributed by atoms with van der Waals surface area (Å²) in [5, 5.41) is 3.26. The van der Waals surface area contributed by atoms with E-state index in [0.717, 1.165) is 39.3 Å². The summed E-state index contributed by atoms with van der Waals surface area (Å²) in [5.74, 6) is 0. The molecule has 0 radical (unpaired) electrons. The molecule has 0 aliphatic carbocycles. The van der Waals surface area contributed by atoms with E-state index in [9.17, 15) is 0 Å². The summed E-state index contributed by atoms with van der Waals surface area (Å²) in [5.41, 5.74) is 2.94. The van der Waals surface area contributed by atoms with Crippen LogP contribution in [-0.2, 0) is 9.47 Å². The summed E-state index contributed by atoms with van der Waals surface area (Å²) in [6.07, 6.45) is 2.30. The molecule has 2 nitrogen and oxygen atoms in total. The van der Waals surface area contributed by atoms with E-state index in [-0.39, 0.29) is 0 Å². The van der Waals surface area contributed by atoms with Crippen LogP contribution >= 0.6 is 0 Å². The first-order valence-corrected chi connectivity index (χ1v) is 12.1. The highest BCUT2D eigenvalue weighted by Gasteiger charge is 2.43. The Labute approximate surface area is 153 Å². The molecule has 0 saturated heterocycles. The second kappa shape index (κ2) is 8.79. The summed E-state index contributed by atoms with van der Waals surface area (Å²) in [6.45, 7) is 7.53. The maximum Gasteiger partial charge on any atom is 0.119 e. The van der Waals surface area contributed by atoms with E-state index in [1.54, 1.807) is 10.4 Å². The SMILES string of the molecule is CCOCCC[Si]1(CCCOCC)c2ccccc2-c2ccccc21. The Kier molecular flexibility index (Phi) is 6.46. The molecule has 134 valence electrons. The van der Waals surface area contributed by atoms with Crippen molar-refractivity contribution in [2.24, 2.45) is 0 Å². The molecule has 0 fully saturated rings. The van der Waals surface area contributed by atoms with Crippen LogP contribution in [0, 0.1) is 0 Å². The fraction of sp³-hybridized carbons (Fsp3) is 0.455. The van der Waals surface area contributed by atoms with Gasteiger partial charge in [0.1, 0.15) is 8.07 Å². The fourth-order valence-corrected chi connectivity index (χ4v) is 9.73. The minimum absolute atomic E-state index is 0.812. The fourth-order valence-electron chi connectivity index (χ4n) is 4.32. The molecule has 0 unspecified atom stereocenters. The van der Waals surface area contributed by atoms with Crippen LogP contribution in [0.5, 0.6) is 0 Å². The first-order valence-electron chi connectivity index (χ1n) is 9.68. The standard InChI is InChI=1S/C22H30O2Si/c1-3-23-15-9-17-25(18-10-16-24-4-2)21-13-7-5-11-19(21)20-12-6-8-14-22(20)25/h5-8,11-14H,3-4,9-10,15-18H2,1-2H3. The summed E-state index contributed by atoms with van der Waals surface area (Å²) < 4.78 is 11.3. The molecule has 0 bridgehead atoms. The molecule has 1 aliphatic heterocycles. The second-order valence-electron chi connectivity index (χ2n) is 6.77. The molecule has 0 atom stereocenters. The van der Waals surface area contributed by atoms with Crippen molar-refractivity contribution in [2.75, 3.05) is 26.4 Å². The van der Waals surface area contributed by atoms with Crippen LogP contribution in [-0.4, -0.2) is 34.5 Å². The number of benzene rings is 2. The minimum atomic E-state index is -1.73. The summed E-state index contributed by atoms with van der Waals surface area (Å²) in [7, 11) is -1.73. The summed E-state index contributed by atoms with van der Waals surface area (Å²) in [6, 6.07) is 20.8. The lowest BCUT2D eigenvalue weighted by molar-refractivity contribution is 0.147. The lowest BCUT2D eigenvalue weighted by Gasteiger charge is -2.30. The molecular formula is C22H30O2Si. The van der Waals surface area contributed by atoms with E-state index in [1.165, 1.54) is 23.2 Å². The highest BCUT2D eigenvalue weighted by atomic mass is 28.3. The lowest BCUT2D eigenvalue weighted by atomic mass is 10.1. The normalized spacial score (nSPS) is 14.3. The third kappa shape index (κ3) is 3.74. The van der Waals surface area contributed by atoms with Crippen LogP contribution in [0.4, 0.5) is 0 Å². The van der Waals surface area contributed by atoms with Crippen molar-refractivity contribution in [3.05, 3.63) is 48.5 Å². The van der Waals surface area contributed by atoms with Crippen molar-refractivity contribution >= 4 is 18.4 Å². The van der Waals surface area contributed by atoms with Gasteiger partial charge in [0, 0.05) is 26.4 Å². The van der Waals surface area contributed by atoms with Gasteiger partial charge in [-0.25, -0.2) is 0 Å². The van der Waals surface area contributed by atoms with E-state index in [4.69, 9.17) is 9.47 Å². The Bertz CT molecular complexity index is 624. The molecule has 3 heteroatoms. The predicted molar refractivity (Wildman–Crippen MR) is 109 cm³/mol. The van der Waals surface area contributed by atoms with Crippen LogP contribution in [0.1, 0.15) is 26.7 Å². The molecular weight excluding hydrogens is 324 g/mol. The Hall–Kier alpha value is -1.42. The van der Waals surface area contributed by atoms with Crippen molar-refractivity contribution in [3.63, 3.8) is 0 Å². The lowest BCUT2D eigenvalue weighted by Crippen LogP contribution is -2.55. The van der Waals surface area contributed by atoms with E-state index >= 15 is 0 Å². The molecule has 3 rings (SSSR count). The molecule has 2 aromatic carbocycles. The molecule has 0 spiro atoms. The van der Waals surface area contributed by atoms with E-state index in [2.05, 4.69) is 62.4 Å². The third-order valence-corrected chi connectivity index (χ3v) is 10.7. The topological polar surface area (TPSA) is 18.5 Å². The number of ether oxygens (including phenoxy) is 2. The summed E-state index contributed by atoms with van der Waals surface area (Å²) >= 11 is 0. The van der Waals surface area contributed by atoms with Gasteiger partial charge in [-0.05, 0) is 60.3 Å². The average molecular weight is 355 g/mol. The zero-order valence-electron chi connectivity index (χ0n) is 15.6. The van der Waals surface area contributed by atoms with Gasteiger partial charge < -0.3 is 9.47 Å².